The average Bonchev–Trinajstić information content (AvgIpc) is 2.17. The van der Waals surface area contributed by atoms with E-state index in [9.17, 15) is 4.79 Å². The molecule has 0 radical (unpaired) electrons. The summed E-state index contributed by atoms with van der Waals surface area (Å²) in [5.74, 6) is -0.356. The summed E-state index contributed by atoms with van der Waals surface area (Å²) in [6.45, 7) is 2.15. The highest BCUT2D eigenvalue weighted by molar-refractivity contribution is 9.10. The van der Waals surface area contributed by atoms with Gasteiger partial charge in [-0.15, -0.1) is 0 Å². The lowest BCUT2D eigenvalue weighted by Crippen LogP contribution is -1.98. The highest BCUT2D eigenvalue weighted by atomic mass is 79.9. The van der Waals surface area contributed by atoms with E-state index in [4.69, 9.17) is 4.74 Å². The van der Waals surface area contributed by atoms with Gasteiger partial charge in [0.1, 0.15) is 0 Å². The molecule has 1 aromatic heterocycles. The Morgan fingerprint density at radius 3 is 3.14 bits per heavy atom. The molecule has 0 aliphatic rings. The largest absolute Gasteiger partial charge is 0.463 e. The molecule has 74 valence electrons. The fraction of sp³-hybridized carbons (Fsp3) is 0.200. The van der Waals surface area contributed by atoms with Gasteiger partial charge in [-0.3, -0.25) is 4.98 Å². The second kappa shape index (κ2) is 5.54. The van der Waals surface area contributed by atoms with Crippen LogP contribution in [-0.2, 0) is 9.53 Å². The van der Waals surface area contributed by atoms with E-state index in [1.807, 2.05) is 12.1 Å². The van der Waals surface area contributed by atoms with Gasteiger partial charge in [0.25, 0.3) is 0 Å². The van der Waals surface area contributed by atoms with Crippen LogP contribution in [0.4, 0.5) is 0 Å². The standard InChI is InChI=1S/C10H10BrNO2/c1-2-14-10(13)6-5-9-8(11)4-3-7-12-9/h3-7H,2H2,1H3. The van der Waals surface area contributed by atoms with Crippen molar-refractivity contribution in [2.45, 2.75) is 6.92 Å². The van der Waals surface area contributed by atoms with Gasteiger partial charge < -0.3 is 4.74 Å². The topological polar surface area (TPSA) is 39.2 Å². The van der Waals surface area contributed by atoms with E-state index >= 15 is 0 Å². The smallest absolute Gasteiger partial charge is 0.330 e. The maximum absolute atomic E-state index is 11.0. The summed E-state index contributed by atoms with van der Waals surface area (Å²) in [6.07, 6.45) is 4.63. The third kappa shape index (κ3) is 3.30. The maximum Gasteiger partial charge on any atom is 0.330 e. The van der Waals surface area contributed by atoms with Gasteiger partial charge >= 0.3 is 5.97 Å². The van der Waals surface area contributed by atoms with E-state index in [0.29, 0.717) is 12.3 Å². The molecule has 0 spiro atoms. The van der Waals surface area contributed by atoms with Gasteiger partial charge in [-0.05, 0) is 41.1 Å². The predicted molar refractivity (Wildman–Crippen MR) is 57.6 cm³/mol. The number of halogens is 1. The number of rotatable bonds is 3. The zero-order valence-electron chi connectivity index (χ0n) is 7.74. The summed E-state index contributed by atoms with van der Waals surface area (Å²) in [5.41, 5.74) is 0.709. The number of carbonyl (C=O) groups excluding carboxylic acids is 1. The molecule has 0 aliphatic carbocycles. The van der Waals surface area contributed by atoms with Crippen molar-refractivity contribution in [2.75, 3.05) is 6.61 Å². The monoisotopic (exact) mass is 255 g/mol. The third-order valence-corrected chi connectivity index (χ3v) is 2.12. The van der Waals surface area contributed by atoms with Crippen molar-refractivity contribution < 1.29 is 9.53 Å². The molecule has 0 bridgehead atoms. The lowest BCUT2D eigenvalue weighted by atomic mass is 10.3. The number of pyridine rings is 1. The van der Waals surface area contributed by atoms with Gasteiger partial charge in [0.15, 0.2) is 0 Å². The molecule has 0 aliphatic heterocycles. The van der Waals surface area contributed by atoms with Gasteiger partial charge in [0.2, 0.25) is 0 Å². The van der Waals surface area contributed by atoms with Crippen LogP contribution in [-0.4, -0.2) is 17.6 Å². The maximum atomic E-state index is 11.0. The van der Waals surface area contributed by atoms with Crippen LogP contribution in [0.5, 0.6) is 0 Å². The minimum Gasteiger partial charge on any atom is -0.463 e. The van der Waals surface area contributed by atoms with Crippen LogP contribution in [0.2, 0.25) is 0 Å². The van der Waals surface area contributed by atoms with Crippen LogP contribution in [0.15, 0.2) is 28.9 Å². The number of esters is 1. The Balaban J connectivity index is 2.69. The van der Waals surface area contributed by atoms with E-state index in [2.05, 4.69) is 20.9 Å². The Bertz CT molecular complexity index is 350. The van der Waals surface area contributed by atoms with Crippen molar-refractivity contribution in [1.82, 2.24) is 4.98 Å². The summed E-state index contributed by atoms with van der Waals surface area (Å²) in [7, 11) is 0. The van der Waals surface area contributed by atoms with E-state index in [0.717, 1.165) is 4.47 Å². The molecule has 1 heterocycles. The Kier molecular flexibility index (Phi) is 4.32. The molecule has 3 nitrogen and oxygen atoms in total. The Morgan fingerprint density at radius 1 is 1.71 bits per heavy atom. The van der Waals surface area contributed by atoms with Crippen LogP contribution in [0.25, 0.3) is 6.08 Å². The number of hydrogen-bond donors (Lipinski definition) is 0. The highest BCUT2D eigenvalue weighted by Crippen LogP contribution is 2.14. The molecule has 0 saturated carbocycles. The summed E-state index contributed by atoms with van der Waals surface area (Å²) in [6, 6.07) is 3.67. The first-order chi connectivity index (χ1) is 6.74. The number of ether oxygens (including phenoxy) is 1. The Labute approximate surface area is 90.9 Å². The average molecular weight is 256 g/mol. The molecule has 0 aromatic carbocycles. The van der Waals surface area contributed by atoms with Gasteiger partial charge in [-0.1, -0.05) is 0 Å². The lowest BCUT2D eigenvalue weighted by molar-refractivity contribution is -0.137. The third-order valence-electron chi connectivity index (χ3n) is 1.45. The van der Waals surface area contributed by atoms with Crippen molar-refractivity contribution in [3.8, 4) is 0 Å². The van der Waals surface area contributed by atoms with Crippen LogP contribution < -0.4 is 0 Å². The van der Waals surface area contributed by atoms with E-state index in [-0.39, 0.29) is 5.97 Å². The summed E-state index contributed by atoms with van der Waals surface area (Å²) in [4.78, 5) is 15.0. The summed E-state index contributed by atoms with van der Waals surface area (Å²) in [5, 5.41) is 0. The Morgan fingerprint density at radius 2 is 2.50 bits per heavy atom. The fourth-order valence-electron chi connectivity index (χ4n) is 0.858. The van der Waals surface area contributed by atoms with Gasteiger partial charge in [0, 0.05) is 16.7 Å². The van der Waals surface area contributed by atoms with E-state index < -0.39 is 0 Å². The molecule has 1 rings (SSSR count). The number of carbonyl (C=O) groups is 1. The molecule has 0 N–H and O–H groups in total. The van der Waals surface area contributed by atoms with Crippen molar-refractivity contribution in [1.29, 1.82) is 0 Å². The number of nitrogens with zero attached hydrogens (tertiary/aromatic N) is 1. The van der Waals surface area contributed by atoms with Crippen LogP contribution in [0, 0.1) is 0 Å². The van der Waals surface area contributed by atoms with Crippen molar-refractivity contribution in [2.24, 2.45) is 0 Å². The molecule has 0 amide bonds. The van der Waals surface area contributed by atoms with Crippen molar-refractivity contribution in [3.05, 3.63) is 34.6 Å². The number of aromatic nitrogens is 1. The minimum absolute atomic E-state index is 0.356. The van der Waals surface area contributed by atoms with Crippen LogP contribution in [0.3, 0.4) is 0 Å². The lowest BCUT2D eigenvalue weighted by Gasteiger charge is -1.96. The van der Waals surface area contributed by atoms with Crippen molar-refractivity contribution >= 4 is 28.0 Å². The predicted octanol–water partition coefficient (Wildman–Crippen LogP) is 2.42. The molecule has 1 aromatic rings. The fourth-order valence-corrected chi connectivity index (χ4v) is 1.25. The zero-order chi connectivity index (χ0) is 10.4. The van der Waals surface area contributed by atoms with E-state index in [1.54, 1.807) is 19.2 Å². The molecule has 14 heavy (non-hydrogen) atoms. The van der Waals surface area contributed by atoms with Gasteiger partial charge in [-0.2, -0.15) is 0 Å². The minimum atomic E-state index is -0.356. The SMILES string of the molecule is CCOC(=O)C=Cc1ncccc1Br. The van der Waals surface area contributed by atoms with E-state index in [1.165, 1.54) is 6.08 Å². The molecule has 0 unspecified atom stereocenters. The van der Waals surface area contributed by atoms with Crippen molar-refractivity contribution in [3.63, 3.8) is 0 Å². The molecule has 0 atom stereocenters. The van der Waals surface area contributed by atoms with Gasteiger partial charge in [0.05, 0.1) is 12.3 Å². The number of hydrogen-bond acceptors (Lipinski definition) is 3. The second-order valence-electron chi connectivity index (χ2n) is 2.46. The highest BCUT2D eigenvalue weighted by Gasteiger charge is 1.97. The first-order valence-electron chi connectivity index (χ1n) is 4.19. The quantitative estimate of drug-likeness (QED) is 0.615. The Hall–Kier alpha value is -1.16. The normalized spacial score (nSPS) is 10.4. The molecule has 4 heteroatoms. The molecular formula is C10H10BrNO2. The molecular weight excluding hydrogens is 246 g/mol. The first-order valence-corrected chi connectivity index (χ1v) is 4.98. The first kappa shape index (κ1) is 10.9. The second-order valence-corrected chi connectivity index (χ2v) is 3.31. The van der Waals surface area contributed by atoms with Crippen LogP contribution in [0.1, 0.15) is 12.6 Å². The van der Waals surface area contributed by atoms with Crippen LogP contribution >= 0.6 is 15.9 Å². The van der Waals surface area contributed by atoms with Gasteiger partial charge in [-0.25, -0.2) is 4.79 Å². The summed E-state index contributed by atoms with van der Waals surface area (Å²) >= 11 is 3.32. The molecule has 0 fully saturated rings. The zero-order valence-corrected chi connectivity index (χ0v) is 9.32. The molecule has 0 saturated heterocycles. The summed E-state index contributed by atoms with van der Waals surface area (Å²) < 4.78 is 5.58.